The SMILES string of the molecule is CS(=O)(=O)N1CCCC(C(=O)N2CCSCC2C(=O)O)C1. The number of amides is 1. The molecule has 2 saturated heterocycles. The molecule has 0 saturated carbocycles. The third-order valence-corrected chi connectivity index (χ3v) is 6.19. The number of hydrogen-bond donors (Lipinski definition) is 1. The molecule has 9 heteroatoms. The molecule has 0 radical (unpaired) electrons. The van der Waals surface area contributed by atoms with E-state index in [1.54, 1.807) is 0 Å². The van der Waals surface area contributed by atoms with E-state index in [0.29, 0.717) is 31.7 Å². The second-order valence-electron chi connectivity index (χ2n) is 5.42. The average molecular weight is 336 g/mol. The summed E-state index contributed by atoms with van der Waals surface area (Å²) in [7, 11) is -3.31. The lowest BCUT2D eigenvalue weighted by Gasteiger charge is -2.38. The van der Waals surface area contributed by atoms with Gasteiger partial charge in [0.05, 0.1) is 12.2 Å². The summed E-state index contributed by atoms with van der Waals surface area (Å²) in [5.74, 6) is -0.539. The highest BCUT2D eigenvalue weighted by Crippen LogP contribution is 2.24. The lowest BCUT2D eigenvalue weighted by molar-refractivity contribution is -0.151. The second-order valence-corrected chi connectivity index (χ2v) is 8.55. The first-order valence-corrected chi connectivity index (χ1v) is 9.87. The molecule has 2 heterocycles. The molecule has 0 aromatic carbocycles. The van der Waals surface area contributed by atoms with Gasteiger partial charge < -0.3 is 10.0 Å². The van der Waals surface area contributed by atoms with Crippen LogP contribution in [0.4, 0.5) is 0 Å². The Morgan fingerprint density at radius 3 is 2.62 bits per heavy atom. The van der Waals surface area contributed by atoms with Crippen molar-refractivity contribution >= 4 is 33.7 Å². The lowest BCUT2D eigenvalue weighted by Crippen LogP contribution is -2.54. The van der Waals surface area contributed by atoms with E-state index in [2.05, 4.69) is 0 Å². The van der Waals surface area contributed by atoms with E-state index in [9.17, 15) is 23.1 Å². The Bertz CT molecular complexity index is 522. The summed E-state index contributed by atoms with van der Waals surface area (Å²) in [6, 6.07) is -0.801. The molecule has 2 aliphatic rings. The van der Waals surface area contributed by atoms with E-state index in [0.717, 1.165) is 12.0 Å². The zero-order valence-electron chi connectivity index (χ0n) is 11.9. The zero-order chi connectivity index (χ0) is 15.6. The molecule has 7 nitrogen and oxygen atoms in total. The van der Waals surface area contributed by atoms with Gasteiger partial charge in [0.25, 0.3) is 0 Å². The summed E-state index contributed by atoms with van der Waals surface area (Å²) in [5.41, 5.74) is 0. The quantitative estimate of drug-likeness (QED) is 0.759. The van der Waals surface area contributed by atoms with Crippen LogP contribution in [0.5, 0.6) is 0 Å². The molecule has 2 rings (SSSR count). The fourth-order valence-corrected chi connectivity index (χ4v) is 4.70. The van der Waals surface area contributed by atoms with Crippen molar-refractivity contribution in [2.75, 3.05) is 37.4 Å². The van der Waals surface area contributed by atoms with Crippen molar-refractivity contribution in [3.63, 3.8) is 0 Å². The van der Waals surface area contributed by atoms with Crippen molar-refractivity contribution < 1.29 is 23.1 Å². The average Bonchev–Trinajstić information content (AvgIpc) is 2.45. The smallest absolute Gasteiger partial charge is 0.327 e. The van der Waals surface area contributed by atoms with E-state index < -0.39 is 28.0 Å². The van der Waals surface area contributed by atoms with Crippen molar-refractivity contribution in [1.82, 2.24) is 9.21 Å². The molecular formula is C12H20N2O5S2. The second kappa shape index (κ2) is 6.53. The monoisotopic (exact) mass is 336 g/mol. The van der Waals surface area contributed by atoms with Crippen molar-refractivity contribution in [2.45, 2.75) is 18.9 Å². The Kier molecular flexibility index (Phi) is 5.15. The number of sulfonamides is 1. The van der Waals surface area contributed by atoms with Gasteiger partial charge in [0.15, 0.2) is 0 Å². The molecule has 0 spiro atoms. The highest BCUT2D eigenvalue weighted by Gasteiger charge is 2.38. The fraction of sp³-hybridized carbons (Fsp3) is 0.833. The molecule has 2 aliphatic heterocycles. The third kappa shape index (κ3) is 3.89. The number of thioether (sulfide) groups is 1. The summed E-state index contributed by atoms with van der Waals surface area (Å²) >= 11 is 1.52. The van der Waals surface area contributed by atoms with Gasteiger partial charge in [0.1, 0.15) is 6.04 Å². The molecular weight excluding hydrogens is 316 g/mol. The minimum absolute atomic E-state index is 0.160. The first-order valence-electron chi connectivity index (χ1n) is 6.87. The zero-order valence-corrected chi connectivity index (χ0v) is 13.5. The van der Waals surface area contributed by atoms with Crippen LogP contribution in [0.3, 0.4) is 0 Å². The van der Waals surface area contributed by atoms with Gasteiger partial charge in [-0.1, -0.05) is 0 Å². The maximum Gasteiger partial charge on any atom is 0.327 e. The van der Waals surface area contributed by atoms with Gasteiger partial charge >= 0.3 is 5.97 Å². The number of carbonyl (C=O) groups excluding carboxylic acids is 1. The number of rotatable bonds is 3. The number of piperidine rings is 1. The van der Waals surface area contributed by atoms with E-state index in [-0.39, 0.29) is 12.5 Å². The van der Waals surface area contributed by atoms with Gasteiger partial charge in [-0.25, -0.2) is 17.5 Å². The van der Waals surface area contributed by atoms with Crippen LogP contribution in [0.25, 0.3) is 0 Å². The Morgan fingerprint density at radius 2 is 2.00 bits per heavy atom. The van der Waals surface area contributed by atoms with Gasteiger partial charge in [-0.05, 0) is 12.8 Å². The van der Waals surface area contributed by atoms with Crippen LogP contribution in [0.1, 0.15) is 12.8 Å². The highest BCUT2D eigenvalue weighted by molar-refractivity contribution is 7.99. The van der Waals surface area contributed by atoms with Gasteiger partial charge in [0.2, 0.25) is 15.9 Å². The van der Waals surface area contributed by atoms with Gasteiger partial charge in [-0.3, -0.25) is 4.79 Å². The first-order chi connectivity index (χ1) is 9.80. The predicted octanol–water partition coefficient (Wildman–Crippen LogP) is -0.313. The van der Waals surface area contributed by atoms with Crippen LogP contribution >= 0.6 is 11.8 Å². The summed E-state index contributed by atoms with van der Waals surface area (Å²) < 4.78 is 24.5. The van der Waals surface area contributed by atoms with Crippen LogP contribution in [0.15, 0.2) is 0 Å². The van der Waals surface area contributed by atoms with Crippen molar-refractivity contribution in [2.24, 2.45) is 5.92 Å². The number of carboxylic acids is 1. The Labute approximate surface area is 128 Å². The van der Waals surface area contributed by atoms with Crippen molar-refractivity contribution in [3.8, 4) is 0 Å². The normalized spacial score (nSPS) is 28.3. The largest absolute Gasteiger partial charge is 0.480 e. The number of aliphatic carboxylic acids is 1. The summed E-state index contributed by atoms with van der Waals surface area (Å²) in [6.45, 7) is 1.00. The van der Waals surface area contributed by atoms with Gasteiger partial charge in [0, 0.05) is 31.1 Å². The van der Waals surface area contributed by atoms with E-state index in [4.69, 9.17) is 0 Å². The predicted molar refractivity (Wildman–Crippen MR) is 79.6 cm³/mol. The number of carboxylic acid groups (broad SMARTS) is 1. The fourth-order valence-electron chi connectivity index (χ4n) is 2.75. The van der Waals surface area contributed by atoms with Crippen LogP contribution in [0.2, 0.25) is 0 Å². The Balaban J connectivity index is 2.09. The summed E-state index contributed by atoms with van der Waals surface area (Å²) in [6.07, 6.45) is 2.38. The Morgan fingerprint density at radius 1 is 1.29 bits per heavy atom. The standard InChI is InChI=1S/C12H20N2O5S2/c1-21(18,19)13-4-2-3-9(7-13)11(15)14-5-6-20-8-10(14)12(16)17/h9-10H,2-8H2,1H3,(H,16,17). The summed E-state index contributed by atoms with van der Waals surface area (Å²) in [4.78, 5) is 25.2. The van der Waals surface area contributed by atoms with Crippen molar-refractivity contribution in [1.29, 1.82) is 0 Å². The molecule has 21 heavy (non-hydrogen) atoms. The molecule has 0 aromatic heterocycles. The molecule has 120 valence electrons. The molecule has 2 atom stereocenters. The molecule has 2 fully saturated rings. The van der Waals surface area contributed by atoms with Crippen LogP contribution in [-0.4, -0.2) is 78.0 Å². The highest BCUT2D eigenvalue weighted by atomic mass is 32.2. The van der Waals surface area contributed by atoms with Crippen LogP contribution in [0, 0.1) is 5.92 Å². The minimum atomic E-state index is -3.31. The van der Waals surface area contributed by atoms with E-state index in [1.807, 2.05) is 0 Å². The topological polar surface area (TPSA) is 95.0 Å². The maximum atomic E-state index is 12.6. The lowest BCUT2D eigenvalue weighted by atomic mass is 9.97. The molecule has 0 bridgehead atoms. The molecule has 0 aliphatic carbocycles. The van der Waals surface area contributed by atoms with Gasteiger partial charge in [-0.2, -0.15) is 11.8 Å². The number of nitrogens with zero attached hydrogens (tertiary/aromatic N) is 2. The molecule has 0 aromatic rings. The third-order valence-electron chi connectivity index (χ3n) is 3.90. The van der Waals surface area contributed by atoms with Gasteiger partial charge in [-0.15, -0.1) is 0 Å². The van der Waals surface area contributed by atoms with E-state index in [1.165, 1.54) is 21.0 Å². The van der Waals surface area contributed by atoms with Crippen LogP contribution < -0.4 is 0 Å². The minimum Gasteiger partial charge on any atom is -0.480 e. The molecule has 2 unspecified atom stereocenters. The number of carbonyl (C=O) groups is 2. The van der Waals surface area contributed by atoms with E-state index >= 15 is 0 Å². The Hall–Kier alpha value is -0.800. The first kappa shape index (κ1) is 16.6. The van der Waals surface area contributed by atoms with Crippen LogP contribution in [-0.2, 0) is 19.6 Å². The van der Waals surface area contributed by atoms with Crippen molar-refractivity contribution in [3.05, 3.63) is 0 Å². The number of hydrogen-bond acceptors (Lipinski definition) is 5. The summed E-state index contributed by atoms with van der Waals surface area (Å²) in [5, 5.41) is 9.22. The molecule has 1 N–H and O–H groups in total. The molecule has 1 amide bonds. The maximum absolute atomic E-state index is 12.6.